The Hall–Kier alpha value is -4.00. The molecule has 8 atom stereocenters. The van der Waals surface area contributed by atoms with E-state index in [1.54, 1.807) is 13.8 Å². The number of hydrogen-bond acceptors (Lipinski definition) is 7. The van der Waals surface area contributed by atoms with Gasteiger partial charge in [-0.2, -0.15) is 0 Å². The molecular formula is C31H44N6O7. The molecule has 3 fully saturated rings. The van der Waals surface area contributed by atoms with Crippen molar-refractivity contribution in [2.45, 2.75) is 102 Å². The number of amides is 6. The van der Waals surface area contributed by atoms with Crippen LogP contribution in [0.25, 0.3) is 0 Å². The molecule has 1 aliphatic carbocycles. The van der Waals surface area contributed by atoms with Crippen LogP contribution in [-0.4, -0.2) is 94.3 Å². The van der Waals surface area contributed by atoms with E-state index >= 15 is 0 Å². The Labute approximate surface area is 257 Å². The van der Waals surface area contributed by atoms with Crippen molar-refractivity contribution in [2.24, 2.45) is 11.8 Å². The lowest BCUT2D eigenvalue weighted by Crippen LogP contribution is -2.62. The first-order chi connectivity index (χ1) is 20.8. The van der Waals surface area contributed by atoms with E-state index in [2.05, 4.69) is 26.6 Å². The second kappa shape index (κ2) is 14.2. The van der Waals surface area contributed by atoms with Gasteiger partial charge in [-0.25, -0.2) is 0 Å². The number of fused-ring (bicyclic) bond motifs is 2. The maximum Gasteiger partial charge on any atom is 0.248 e. The van der Waals surface area contributed by atoms with Crippen molar-refractivity contribution in [3.8, 4) is 0 Å². The van der Waals surface area contributed by atoms with Crippen LogP contribution in [0.2, 0.25) is 0 Å². The van der Waals surface area contributed by atoms with Gasteiger partial charge >= 0.3 is 0 Å². The molecule has 6 N–H and O–H groups in total. The highest BCUT2D eigenvalue weighted by atomic mass is 16.3. The highest BCUT2D eigenvalue weighted by Gasteiger charge is 2.45. The number of hydrogen-bond donors (Lipinski definition) is 6. The zero-order valence-electron chi connectivity index (χ0n) is 25.7. The molecule has 6 amide bonds. The topological polar surface area (TPSA) is 186 Å². The SMILES string of the molecule is CC(C)[C@H]1NC(=O)[C@H]2CCC[C@@H]2NC(=O)[C@H](C)NC(=O)[C@@H]2C[C@H](NC(=O)Cc3ccccc3)CN2C(=O)[C@H]([C@@H](C)O)NC1=O. The Bertz CT molecular complexity index is 1260. The number of aliphatic hydroxyl groups is 1. The fraction of sp³-hybridized carbons (Fsp3) is 0.613. The fourth-order valence-corrected chi connectivity index (χ4v) is 6.23. The summed E-state index contributed by atoms with van der Waals surface area (Å²) in [5.41, 5.74) is 0.801. The minimum atomic E-state index is -1.43. The molecule has 0 bridgehead atoms. The number of nitrogens with zero attached hydrogens (tertiary/aromatic N) is 1. The number of aliphatic hydroxyl groups excluding tert-OH is 1. The van der Waals surface area contributed by atoms with Crippen molar-refractivity contribution < 1.29 is 33.9 Å². The number of carbonyl (C=O) groups excluding carboxylic acids is 6. The lowest BCUT2D eigenvalue weighted by atomic mass is 9.98. The van der Waals surface area contributed by atoms with Gasteiger partial charge < -0.3 is 36.6 Å². The van der Waals surface area contributed by atoms with E-state index in [4.69, 9.17) is 0 Å². The predicted molar refractivity (Wildman–Crippen MR) is 159 cm³/mol. The van der Waals surface area contributed by atoms with E-state index < -0.39 is 71.9 Å². The Morgan fingerprint density at radius 3 is 2.25 bits per heavy atom. The summed E-state index contributed by atoms with van der Waals surface area (Å²) in [6.45, 7) is 6.33. The van der Waals surface area contributed by atoms with Crippen molar-refractivity contribution in [3.05, 3.63) is 35.9 Å². The summed E-state index contributed by atoms with van der Waals surface area (Å²) in [5, 5.41) is 24.5. The van der Waals surface area contributed by atoms with Crippen LogP contribution in [0.1, 0.15) is 58.9 Å². The smallest absolute Gasteiger partial charge is 0.248 e. The molecule has 0 spiro atoms. The molecule has 13 nitrogen and oxygen atoms in total. The highest BCUT2D eigenvalue weighted by molar-refractivity contribution is 5.97. The summed E-state index contributed by atoms with van der Waals surface area (Å²) in [7, 11) is 0. The number of carbonyl (C=O) groups is 6. The van der Waals surface area contributed by atoms with E-state index in [9.17, 15) is 33.9 Å². The second-order valence-electron chi connectivity index (χ2n) is 12.5. The van der Waals surface area contributed by atoms with Crippen LogP contribution in [0, 0.1) is 11.8 Å². The highest BCUT2D eigenvalue weighted by Crippen LogP contribution is 2.27. The van der Waals surface area contributed by atoms with Gasteiger partial charge in [-0.3, -0.25) is 28.8 Å². The molecule has 1 saturated carbocycles. The zero-order chi connectivity index (χ0) is 32.1. The third kappa shape index (κ3) is 7.74. The van der Waals surface area contributed by atoms with Crippen LogP contribution in [0.15, 0.2) is 30.3 Å². The summed E-state index contributed by atoms with van der Waals surface area (Å²) in [6.07, 6.45) is 0.636. The Kier molecular flexibility index (Phi) is 10.6. The van der Waals surface area contributed by atoms with Gasteiger partial charge in [0, 0.05) is 18.6 Å². The van der Waals surface area contributed by atoms with E-state index in [0.29, 0.717) is 19.3 Å². The minimum Gasteiger partial charge on any atom is -0.391 e. The summed E-state index contributed by atoms with van der Waals surface area (Å²) < 4.78 is 0. The second-order valence-corrected chi connectivity index (χ2v) is 12.5. The van der Waals surface area contributed by atoms with E-state index in [0.717, 1.165) is 5.56 Å². The van der Waals surface area contributed by atoms with E-state index in [1.807, 2.05) is 30.3 Å². The Balaban J connectivity index is 1.62. The predicted octanol–water partition coefficient (Wildman–Crippen LogP) is -0.876. The third-order valence-corrected chi connectivity index (χ3v) is 8.68. The molecule has 2 saturated heterocycles. The molecule has 0 unspecified atom stereocenters. The summed E-state index contributed by atoms with van der Waals surface area (Å²) >= 11 is 0. The molecule has 0 radical (unpaired) electrons. The third-order valence-electron chi connectivity index (χ3n) is 8.68. The molecule has 2 heterocycles. The molecular weight excluding hydrogens is 568 g/mol. The van der Waals surface area contributed by atoms with Gasteiger partial charge in [0.25, 0.3) is 0 Å². The molecule has 1 aromatic carbocycles. The molecule has 4 rings (SSSR count). The van der Waals surface area contributed by atoms with Gasteiger partial charge in [-0.05, 0) is 44.6 Å². The van der Waals surface area contributed by atoms with Gasteiger partial charge in [-0.15, -0.1) is 0 Å². The zero-order valence-corrected chi connectivity index (χ0v) is 25.7. The number of benzene rings is 1. The van der Waals surface area contributed by atoms with Gasteiger partial charge in [0.05, 0.1) is 18.4 Å². The summed E-state index contributed by atoms with van der Waals surface area (Å²) in [6, 6.07) is 3.58. The molecule has 3 aliphatic rings. The van der Waals surface area contributed by atoms with Crippen LogP contribution >= 0.6 is 0 Å². The van der Waals surface area contributed by atoms with Crippen molar-refractivity contribution in [2.75, 3.05) is 6.54 Å². The average molecular weight is 613 g/mol. The van der Waals surface area contributed by atoms with Crippen LogP contribution in [0.3, 0.4) is 0 Å². The fourth-order valence-electron chi connectivity index (χ4n) is 6.23. The van der Waals surface area contributed by atoms with Crippen LogP contribution in [0.4, 0.5) is 0 Å². The van der Waals surface area contributed by atoms with E-state index in [1.165, 1.54) is 18.7 Å². The van der Waals surface area contributed by atoms with Gasteiger partial charge in [0.2, 0.25) is 35.4 Å². The first kappa shape index (κ1) is 32.9. The van der Waals surface area contributed by atoms with Crippen LogP contribution in [0.5, 0.6) is 0 Å². The number of rotatable bonds is 5. The Morgan fingerprint density at radius 2 is 1.59 bits per heavy atom. The minimum absolute atomic E-state index is 0.0504. The first-order valence-electron chi connectivity index (χ1n) is 15.4. The monoisotopic (exact) mass is 612 g/mol. The normalized spacial score (nSPS) is 30.9. The average Bonchev–Trinajstić information content (AvgIpc) is 3.61. The summed E-state index contributed by atoms with van der Waals surface area (Å²) in [4.78, 5) is 81.4. The first-order valence-corrected chi connectivity index (χ1v) is 15.4. The van der Waals surface area contributed by atoms with E-state index in [-0.39, 0.29) is 37.1 Å². The largest absolute Gasteiger partial charge is 0.391 e. The standard InChI is InChI=1S/C31H44N6O7/c1-16(2)25-30(43)36-26(18(4)38)31(44)37-15-20(33-24(39)13-19-9-6-5-7-10-19)14-23(37)29(42)32-17(3)27(40)34-22-12-8-11-21(22)28(41)35-25/h5-7,9-10,16-18,20-23,25-26,38H,8,11-15H2,1-4H3,(H,32,42)(H,33,39)(H,34,40)(H,35,41)(H,36,43)/t17-,18+,20-,21-,22-,23-,25+,26-/m0/s1. The van der Waals surface area contributed by atoms with Crippen LogP contribution < -0.4 is 26.6 Å². The van der Waals surface area contributed by atoms with Crippen molar-refractivity contribution in [3.63, 3.8) is 0 Å². The molecule has 44 heavy (non-hydrogen) atoms. The van der Waals surface area contributed by atoms with Gasteiger partial charge in [-0.1, -0.05) is 50.6 Å². The van der Waals surface area contributed by atoms with Gasteiger partial charge in [0.1, 0.15) is 24.2 Å². The molecule has 13 heteroatoms. The molecule has 1 aromatic rings. The maximum absolute atomic E-state index is 13.9. The van der Waals surface area contributed by atoms with Crippen molar-refractivity contribution in [1.82, 2.24) is 31.5 Å². The Morgan fingerprint density at radius 1 is 0.909 bits per heavy atom. The molecule has 240 valence electrons. The quantitative estimate of drug-likeness (QED) is 0.249. The summed E-state index contributed by atoms with van der Waals surface area (Å²) in [5.74, 6) is -4.05. The molecule has 2 aliphatic heterocycles. The maximum atomic E-state index is 13.9. The molecule has 0 aromatic heterocycles. The number of nitrogens with one attached hydrogen (secondary N) is 5. The van der Waals surface area contributed by atoms with Gasteiger partial charge in [0.15, 0.2) is 0 Å². The van der Waals surface area contributed by atoms with Crippen LogP contribution in [-0.2, 0) is 35.2 Å². The van der Waals surface area contributed by atoms with Crippen molar-refractivity contribution >= 4 is 35.4 Å². The lowest BCUT2D eigenvalue weighted by molar-refractivity contribution is -0.145. The van der Waals surface area contributed by atoms with Crippen molar-refractivity contribution in [1.29, 1.82) is 0 Å². The lowest BCUT2D eigenvalue weighted by Gasteiger charge is -2.33.